The van der Waals surface area contributed by atoms with Gasteiger partial charge in [0.1, 0.15) is 12.7 Å². The quantitative estimate of drug-likeness (QED) is 0.723. The molecular formula is C13H11ClN6. The second-order valence-electron chi connectivity index (χ2n) is 4.39. The molecule has 0 bridgehead atoms. The zero-order chi connectivity index (χ0) is 14.1. The Morgan fingerprint density at radius 2 is 1.95 bits per heavy atom. The highest BCUT2D eigenvalue weighted by Gasteiger charge is 2.11. The van der Waals surface area contributed by atoms with Crippen LogP contribution in [0.25, 0.3) is 17.3 Å². The fourth-order valence-electron chi connectivity index (χ4n) is 1.94. The van der Waals surface area contributed by atoms with Gasteiger partial charge in [-0.05, 0) is 31.0 Å². The highest BCUT2D eigenvalue weighted by atomic mass is 35.5. The number of hydrogen-bond acceptors (Lipinski definition) is 5. The number of aryl methyl sites for hydroxylation is 2. The van der Waals surface area contributed by atoms with E-state index in [9.17, 15) is 0 Å². The summed E-state index contributed by atoms with van der Waals surface area (Å²) in [6.07, 6.45) is 2.92. The number of nitrogens with zero attached hydrogens (tertiary/aromatic N) is 6. The molecule has 0 atom stereocenters. The van der Waals surface area contributed by atoms with Crippen LogP contribution in [0.4, 0.5) is 0 Å². The van der Waals surface area contributed by atoms with Gasteiger partial charge >= 0.3 is 0 Å². The Bertz CT molecular complexity index is 754. The molecule has 0 fully saturated rings. The van der Waals surface area contributed by atoms with Crippen molar-refractivity contribution in [3.8, 4) is 17.3 Å². The molecular weight excluding hydrogens is 276 g/mol. The molecule has 6 nitrogen and oxygen atoms in total. The van der Waals surface area contributed by atoms with E-state index in [0.29, 0.717) is 11.8 Å². The summed E-state index contributed by atoms with van der Waals surface area (Å²) in [7, 11) is 0. The topological polar surface area (TPSA) is 69.4 Å². The van der Waals surface area contributed by atoms with Crippen LogP contribution < -0.4 is 0 Å². The van der Waals surface area contributed by atoms with Gasteiger partial charge < -0.3 is 0 Å². The average Bonchev–Trinajstić information content (AvgIpc) is 2.91. The van der Waals surface area contributed by atoms with Crippen molar-refractivity contribution < 1.29 is 0 Å². The first-order valence-electron chi connectivity index (χ1n) is 5.98. The third-order valence-corrected chi connectivity index (χ3v) is 3.01. The Balaban J connectivity index is 2.14. The van der Waals surface area contributed by atoms with Crippen molar-refractivity contribution in [3.05, 3.63) is 47.3 Å². The highest BCUT2D eigenvalue weighted by Crippen LogP contribution is 2.22. The van der Waals surface area contributed by atoms with Crippen LogP contribution in [0.2, 0.25) is 5.28 Å². The summed E-state index contributed by atoms with van der Waals surface area (Å²) >= 11 is 5.98. The van der Waals surface area contributed by atoms with Gasteiger partial charge in [-0.25, -0.2) is 4.98 Å². The van der Waals surface area contributed by atoms with E-state index < -0.39 is 0 Å². The van der Waals surface area contributed by atoms with Crippen molar-refractivity contribution in [1.82, 2.24) is 29.7 Å². The molecule has 0 aliphatic carbocycles. The van der Waals surface area contributed by atoms with Crippen LogP contribution in [0.1, 0.15) is 11.1 Å². The standard InChI is InChI=1S/C13H11ClN6/c1-8-3-4-10(9(2)5-8)11-17-12(14)19-13(18-11)20-7-15-6-16-20/h3-7H,1-2H3. The maximum absolute atomic E-state index is 5.98. The molecule has 1 aromatic carbocycles. The Hall–Kier alpha value is -2.34. The van der Waals surface area contributed by atoms with Gasteiger partial charge in [0.2, 0.25) is 5.28 Å². The second-order valence-corrected chi connectivity index (χ2v) is 4.72. The summed E-state index contributed by atoms with van der Waals surface area (Å²) < 4.78 is 1.45. The number of rotatable bonds is 2. The smallest absolute Gasteiger partial charge is 0.223 e. The van der Waals surface area contributed by atoms with Gasteiger partial charge in [0.15, 0.2) is 5.82 Å². The maximum atomic E-state index is 5.98. The molecule has 7 heteroatoms. The lowest BCUT2D eigenvalue weighted by Crippen LogP contribution is -2.05. The molecule has 0 unspecified atom stereocenters. The third kappa shape index (κ3) is 2.37. The first-order valence-corrected chi connectivity index (χ1v) is 6.35. The van der Waals surface area contributed by atoms with Crippen molar-refractivity contribution in [3.63, 3.8) is 0 Å². The van der Waals surface area contributed by atoms with Gasteiger partial charge in [-0.1, -0.05) is 23.8 Å². The predicted molar refractivity (Wildman–Crippen MR) is 74.7 cm³/mol. The second kappa shape index (κ2) is 4.97. The van der Waals surface area contributed by atoms with Crippen LogP contribution >= 0.6 is 11.6 Å². The van der Waals surface area contributed by atoms with Crippen LogP contribution in [0.3, 0.4) is 0 Å². The zero-order valence-electron chi connectivity index (χ0n) is 10.9. The minimum atomic E-state index is 0.125. The molecule has 0 N–H and O–H groups in total. The van der Waals surface area contributed by atoms with Gasteiger partial charge in [-0.2, -0.15) is 24.7 Å². The summed E-state index contributed by atoms with van der Waals surface area (Å²) in [5.41, 5.74) is 3.18. The summed E-state index contributed by atoms with van der Waals surface area (Å²) in [6, 6.07) is 6.05. The van der Waals surface area contributed by atoms with Crippen molar-refractivity contribution in [2.45, 2.75) is 13.8 Å². The lowest BCUT2D eigenvalue weighted by atomic mass is 10.1. The molecule has 0 aliphatic heterocycles. The lowest BCUT2D eigenvalue weighted by Gasteiger charge is -2.07. The molecule has 2 heterocycles. The van der Waals surface area contributed by atoms with E-state index in [1.54, 1.807) is 0 Å². The SMILES string of the molecule is Cc1ccc(-c2nc(Cl)nc(-n3cncn3)n2)c(C)c1. The predicted octanol–water partition coefficient (Wildman–Crippen LogP) is 2.39. The zero-order valence-corrected chi connectivity index (χ0v) is 11.7. The monoisotopic (exact) mass is 286 g/mol. The molecule has 100 valence electrons. The van der Waals surface area contributed by atoms with Crippen LogP contribution in [-0.2, 0) is 0 Å². The van der Waals surface area contributed by atoms with E-state index in [-0.39, 0.29) is 5.28 Å². The first-order chi connectivity index (χ1) is 9.63. The maximum Gasteiger partial charge on any atom is 0.256 e. The normalized spacial score (nSPS) is 10.8. The van der Waals surface area contributed by atoms with Crippen LogP contribution in [-0.4, -0.2) is 29.7 Å². The van der Waals surface area contributed by atoms with Crippen LogP contribution in [0.15, 0.2) is 30.9 Å². The first kappa shape index (κ1) is 12.7. The largest absolute Gasteiger partial charge is 0.256 e. The Morgan fingerprint density at radius 3 is 2.65 bits per heavy atom. The minimum absolute atomic E-state index is 0.125. The van der Waals surface area contributed by atoms with Crippen molar-refractivity contribution in [2.24, 2.45) is 0 Å². The lowest BCUT2D eigenvalue weighted by molar-refractivity contribution is 0.796. The highest BCUT2D eigenvalue weighted by molar-refractivity contribution is 6.28. The number of halogens is 1. The minimum Gasteiger partial charge on any atom is -0.223 e. The van der Waals surface area contributed by atoms with Crippen LogP contribution in [0, 0.1) is 13.8 Å². The Morgan fingerprint density at radius 1 is 1.10 bits per heavy atom. The number of benzene rings is 1. The van der Waals surface area contributed by atoms with Gasteiger partial charge in [0.05, 0.1) is 0 Å². The molecule has 3 rings (SSSR count). The molecule has 0 saturated heterocycles. The molecule has 0 amide bonds. The van der Waals surface area contributed by atoms with E-state index in [4.69, 9.17) is 11.6 Å². The van der Waals surface area contributed by atoms with E-state index in [2.05, 4.69) is 31.1 Å². The van der Waals surface area contributed by atoms with E-state index in [0.717, 1.165) is 11.1 Å². The molecule has 0 radical (unpaired) electrons. The van der Waals surface area contributed by atoms with Crippen molar-refractivity contribution in [1.29, 1.82) is 0 Å². The van der Waals surface area contributed by atoms with Crippen molar-refractivity contribution in [2.75, 3.05) is 0 Å². The molecule has 0 aliphatic rings. The van der Waals surface area contributed by atoms with Gasteiger partial charge in [0, 0.05) is 5.56 Å². The third-order valence-electron chi connectivity index (χ3n) is 2.84. The summed E-state index contributed by atoms with van der Waals surface area (Å²) in [6.45, 7) is 4.05. The summed E-state index contributed by atoms with van der Waals surface area (Å²) in [5.74, 6) is 0.866. The van der Waals surface area contributed by atoms with E-state index >= 15 is 0 Å². The Kier molecular flexibility index (Phi) is 3.15. The Labute approximate surface area is 120 Å². The van der Waals surface area contributed by atoms with Gasteiger partial charge in [0.25, 0.3) is 5.95 Å². The molecule has 0 saturated carbocycles. The fraction of sp³-hybridized carbons (Fsp3) is 0.154. The average molecular weight is 287 g/mol. The van der Waals surface area contributed by atoms with E-state index in [1.165, 1.54) is 22.9 Å². The fourth-order valence-corrected chi connectivity index (χ4v) is 2.09. The van der Waals surface area contributed by atoms with E-state index in [1.807, 2.05) is 26.0 Å². The van der Waals surface area contributed by atoms with Crippen LogP contribution in [0.5, 0.6) is 0 Å². The van der Waals surface area contributed by atoms with Gasteiger partial charge in [-0.3, -0.25) is 0 Å². The van der Waals surface area contributed by atoms with Gasteiger partial charge in [-0.15, -0.1) is 0 Å². The summed E-state index contributed by atoms with van der Waals surface area (Å²) in [4.78, 5) is 16.5. The van der Waals surface area contributed by atoms with Crippen molar-refractivity contribution >= 4 is 11.6 Å². The molecule has 3 aromatic rings. The molecule has 0 spiro atoms. The molecule has 2 aromatic heterocycles. The number of aromatic nitrogens is 6. The summed E-state index contributed by atoms with van der Waals surface area (Å²) in [5, 5.41) is 4.12. The number of hydrogen-bond donors (Lipinski definition) is 0. The molecule has 20 heavy (non-hydrogen) atoms.